The molecule has 0 fully saturated rings. The number of thiazole rings is 2. The summed E-state index contributed by atoms with van der Waals surface area (Å²) in [5.74, 6) is 0. The van der Waals surface area contributed by atoms with Gasteiger partial charge in [-0.25, -0.2) is 18.4 Å². The fourth-order valence-electron chi connectivity index (χ4n) is 2.81. The van der Waals surface area contributed by atoms with Crippen molar-refractivity contribution in [2.75, 3.05) is 17.1 Å². The first-order valence-electron chi connectivity index (χ1n) is 7.96. The largest absolute Gasteiger partial charge is 0.411 e. The number of anilines is 1. The number of pyridine rings is 1. The molecule has 1 aliphatic rings. The molecule has 0 unspecified atom stereocenters. The van der Waals surface area contributed by atoms with E-state index < -0.39 is 10.0 Å². The van der Waals surface area contributed by atoms with E-state index in [4.69, 9.17) is 0 Å². The van der Waals surface area contributed by atoms with Gasteiger partial charge in [-0.1, -0.05) is 16.5 Å². The molecule has 0 aromatic carbocycles. The van der Waals surface area contributed by atoms with Gasteiger partial charge in [-0.15, -0.1) is 11.3 Å². The van der Waals surface area contributed by atoms with E-state index in [0.29, 0.717) is 27.8 Å². The average molecular weight is 422 g/mol. The maximum atomic E-state index is 12.1. The number of oxime groups is 1. The number of rotatable bonds is 3. The maximum absolute atomic E-state index is 12.1. The molecule has 1 N–H and O–H groups in total. The van der Waals surface area contributed by atoms with Gasteiger partial charge in [0.1, 0.15) is 26.4 Å². The van der Waals surface area contributed by atoms with Crippen LogP contribution in [0.15, 0.2) is 29.7 Å². The molecule has 0 spiro atoms. The molecule has 0 saturated heterocycles. The Morgan fingerprint density at radius 1 is 1.26 bits per heavy atom. The van der Waals surface area contributed by atoms with E-state index in [1.54, 1.807) is 12.4 Å². The summed E-state index contributed by atoms with van der Waals surface area (Å²) in [5, 5.41) is 14.5. The van der Waals surface area contributed by atoms with Gasteiger partial charge in [-0.05, 0) is 19.1 Å². The molecular formula is C16H15N5O3S3. The van der Waals surface area contributed by atoms with Crippen LogP contribution in [0.2, 0.25) is 0 Å². The Morgan fingerprint density at radius 2 is 2.07 bits per heavy atom. The lowest BCUT2D eigenvalue weighted by Crippen LogP contribution is -2.36. The predicted molar refractivity (Wildman–Crippen MR) is 106 cm³/mol. The quantitative estimate of drug-likeness (QED) is 0.514. The van der Waals surface area contributed by atoms with Gasteiger partial charge in [-0.2, -0.15) is 0 Å². The topological polar surface area (TPSA) is 109 Å². The van der Waals surface area contributed by atoms with E-state index >= 15 is 0 Å². The summed E-state index contributed by atoms with van der Waals surface area (Å²) in [4.78, 5) is 14.2. The zero-order valence-corrected chi connectivity index (χ0v) is 16.9. The lowest BCUT2D eigenvalue weighted by molar-refractivity contribution is 0.317. The molecule has 27 heavy (non-hydrogen) atoms. The van der Waals surface area contributed by atoms with Crippen molar-refractivity contribution in [1.29, 1.82) is 0 Å². The van der Waals surface area contributed by atoms with E-state index in [9.17, 15) is 13.6 Å². The van der Waals surface area contributed by atoms with Crippen molar-refractivity contribution in [1.82, 2.24) is 15.0 Å². The molecule has 0 saturated carbocycles. The van der Waals surface area contributed by atoms with Gasteiger partial charge in [0.2, 0.25) is 10.0 Å². The monoisotopic (exact) mass is 421 g/mol. The fraction of sp³-hybridized carbons (Fsp3) is 0.250. The summed E-state index contributed by atoms with van der Waals surface area (Å²) in [6.07, 6.45) is 4.92. The first-order valence-corrected chi connectivity index (χ1v) is 11.4. The van der Waals surface area contributed by atoms with Crippen LogP contribution in [0, 0.1) is 6.92 Å². The summed E-state index contributed by atoms with van der Waals surface area (Å²) in [6, 6.07) is 3.78. The van der Waals surface area contributed by atoms with Gasteiger partial charge >= 0.3 is 0 Å². The molecule has 11 heteroatoms. The Kier molecular flexibility index (Phi) is 4.44. The Bertz CT molecular complexity index is 1140. The molecular weight excluding hydrogens is 406 g/mol. The number of sulfonamides is 1. The van der Waals surface area contributed by atoms with Gasteiger partial charge in [0.25, 0.3) is 0 Å². The van der Waals surface area contributed by atoms with Crippen LogP contribution in [-0.4, -0.2) is 47.1 Å². The molecule has 0 amide bonds. The van der Waals surface area contributed by atoms with Gasteiger partial charge in [0.15, 0.2) is 0 Å². The molecule has 0 radical (unpaired) electrons. The predicted octanol–water partition coefficient (Wildman–Crippen LogP) is 2.99. The van der Waals surface area contributed by atoms with Gasteiger partial charge < -0.3 is 5.21 Å². The second-order valence-corrected chi connectivity index (χ2v) is 9.86. The summed E-state index contributed by atoms with van der Waals surface area (Å²) < 4.78 is 25.6. The van der Waals surface area contributed by atoms with Gasteiger partial charge in [0, 0.05) is 30.9 Å². The van der Waals surface area contributed by atoms with E-state index in [1.165, 1.54) is 27.0 Å². The summed E-state index contributed by atoms with van der Waals surface area (Å²) >= 11 is 2.74. The van der Waals surface area contributed by atoms with Crippen molar-refractivity contribution in [3.8, 4) is 20.5 Å². The summed E-state index contributed by atoms with van der Waals surface area (Å²) in [7, 11) is -3.44. The van der Waals surface area contributed by atoms with Crippen LogP contribution in [-0.2, 0) is 10.0 Å². The molecule has 3 aromatic heterocycles. The van der Waals surface area contributed by atoms with Crippen molar-refractivity contribution in [2.45, 2.75) is 13.3 Å². The number of aromatic nitrogens is 3. The zero-order valence-electron chi connectivity index (χ0n) is 14.4. The van der Waals surface area contributed by atoms with Crippen LogP contribution < -0.4 is 4.31 Å². The van der Waals surface area contributed by atoms with Crippen LogP contribution in [0.3, 0.4) is 0 Å². The first-order chi connectivity index (χ1) is 12.9. The highest BCUT2D eigenvalue weighted by atomic mass is 32.2. The first kappa shape index (κ1) is 18.0. The molecule has 0 aliphatic carbocycles. The molecule has 0 atom stereocenters. The minimum atomic E-state index is -3.44. The minimum Gasteiger partial charge on any atom is -0.411 e. The van der Waals surface area contributed by atoms with Gasteiger partial charge in [-0.3, -0.25) is 9.29 Å². The maximum Gasteiger partial charge on any atom is 0.232 e. The number of nitrogens with zero attached hydrogens (tertiary/aromatic N) is 5. The van der Waals surface area contributed by atoms with Crippen molar-refractivity contribution in [2.24, 2.45) is 5.16 Å². The zero-order chi connectivity index (χ0) is 19.2. The standard InChI is InChI=1S/C16H15N5O3S3/c1-9-13(25-14(18-9)10-4-3-6-17-8-10)15-19-12-11(20-22)5-7-21(16(12)26-15)27(2,23)24/h3-4,6,8,22H,5,7H2,1-2H3/b20-11+. The van der Waals surface area contributed by atoms with Crippen LogP contribution >= 0.6 is 22.7 Å². The minimum absolute atomic E-state index is 0.232. The van der Waals surface area contributed by atoms with E-state index in [1.807, 2.05) is 19.1 Å². The van der Waals surface area contributed by atoms with Crippen molar-refractivity contribution < 1.29 is 13.6 Å². The van der Waals surface area contributed by atoms with E-state index in [2.05, 4.69) is 20.1 Å². The van der Waals surface area contributed by atoms with Crippen molar-refractivity contribution in [3.05, 3.63) is 35.9 Å². The smallest absolute Gasteiger partial charge is 0.232 e. The van der Waals surface area contributed by atoms with E-state index in [0.717, 1.165) is 27.4 Å². The van der Waals surface area contributed by atoms with Crippen molar-refractivity contribution >= 4 is 43.4 Å². The Balaban J connectivity index is 1.83. The Morgan fingerprint density at radius 3 is 2.74 bits per heavy atom. The second-order valence-electron chi connectivity index (χ2n) is 5.98. The second kappa shape index (κ2) is 6.66. The fourth-order valence-corrected chi connectivity index (χ4v) is 6.35. The normalized spacial score (nSPS) is 15.9. The molecule has 0 bridgehead atoms. The molecule has 8 nitrogen and oxygen atoms in total. The van der Waals surface area contributed by atoms with Crippen LogP contribution in [0.4, 0.5) is 5.00 Å². The summed E-state index contributed by atoms with van der Waals surface area (Å²) in [5.41, 5.74) is 2.51. The number of aryl methyl sites for hydroxylation is 1. The summed E-state index contributed by atoms with van der Waals surface area (Å²) in [6.45, 7) is 2.12. The molecule has 3 aromatic rings. The van der Waals surface area contributed by atoms with Crippen molar-refractivity contribution in [3.63, 3.8) is 0 Å². The lowest BCUT2D eigenvalue weighted by Gasteiger charge is -2.25. The third-order valence-electron chi connectivity index (χ3n) is 4.08. The average Bonchev–Trinajstić information content (AvgIpc) is 3.24. The third-order valence-corrected chi connectivity index (χ3v) is 7.80. The van der Waals surface area contributed by atoms with Crippen LogP contribution in [0.5, 0.6) is 0 Å². The molecule has 4 rings (SSSR count). The SMILES string of the molecule is Cc1nc(-c2cccnc2)sc1-c1nc2c(s1)N(S(C)(=O)=O)CC/C2=N\O. The Labute approximate surface area is 163 Å². The van der Waals surface area contributed by atoms with E-state index in [-0.39, 0.29) is 6.54 Å². The third kappa shape index (κ3) is 3.22. The van der Waals surface area contributed by atoms with Gasteiger partial charge in [0.05, 0.1) is 16.8 Å². The number of fused-ring (bicyclic) bond motifs is 1. The Hall–Kier alpha value is -2.37. The highest BCUT2D eigenvalue weighted by Gasteiger charge is 2.32. The van der Waals surface area contributed by atoms with Crippen LogP contribution in [0.1, 0.15) is 17.8 Å². The number of hydrogen-bond donors (Lipinski definition) is 1. The molecule has 140 valence electrons. The highest BCUT2D eigenvalue weighted by molar-refractivity contribution is 7.92. The highest BCUT2D eigenvalue weighted by Crippen LogP contribution is 2.43. The molecule has 1 aliphatic heterocycles. The number of hydrogen-bond acceptors (Lipinski definition) is 9. The van der Waals surface area contributed by atoms with Crippen LogP contribution in [0.25, 0.3) is 20.5 Å². The molecule has 4 heterocycles. The lowest BCUT2D eigenvalue weighted by atomic mass is 10.1.